The van der Waals surface area contributed by atoms with Gasteiger partial charge >= 0.3 is 5.97 Å². The molecule has 0 atom stereocenters. The highest BCUT2D eigenvalue weighted by molar-refractivity contribution is 9.10. The minimum Gasteiger partial charge on any atom is -0.465 e. The molecule has 82 valence electrons. The van der Waals surface area contributed by atoms with Crippen LogP contribution >= 0.6 is 15.9 Å². The van der Waals surface area contributed by atoms with E-state index in [9.17, 15) is 18.0 Å². The number of halogens is 4. The van der Waals surface area contributed by atoms with E-state index in [0.717, 1.165) is 13.3 Å². The third-order valence-electron chi connectivity index (χ3n) is 1.64. The van der Waals surface area contributed by atoms with Gasteiger partial charge in [0.05, 0.1) is 18.2 Å². The van der Waals surface area contributed by atoms with E-state index in [2.05, 4.69) is 25.7 Å². The second-order valence-electron chi connectivity index (χ2n) is 2.48. The third kappa shape index (κ3) is 2.28. The van der Waals surface area contributed by atoms with Crippen molar-refractivity contribution in [2.24, 2.45) is 0 Å². The number of ether oxygens (including phenoxy) is 1. The summed E-state index contributed by atoms with van der Waals surface area (Å²) in [5.41, 5.74) is -1.59. The van der Waals surface area contributed by atoms with Crippen LogP contribution in [-0.4, -0.2) is 18.1 Å². The van der Waals surface area contributed by atoms with Crippen LogP contribution in [0.1, 0.15) is 22.3 Å². The fourth-order valence-electron chi connectivity index (χ4n) is 0.963. The topological polar surface area (TPSA) is 39.2 Å². The van der Waals surface area contributed by atoms with Crippen LogP contribution in [0.5, 0.6) is 0 Å². The first-order chi connectivity index (χ1) is 6.99. The highest BCUT2D eigenvalue weighted by atomic mass is 79.9. The zero-order valence-corrected chi connectivity index (χ0v) is 9.02. The minimum atomic E-state index is -3.11. The van der Waals surface area contributed by atoms with Gasteiger partial charge in [-0.05, 0) is 15.9 Å². The molecule has 0 aliphatic heterocycles. The van der Waals surface area contributed by atoms with Gasteiger partial charge in [-0.15, -0.1) is 0 Å². The first-order valence-corrected chi connectivity index (χ1v) is 4.48. The standard InChI is InChI=1S/C8H5BrF3NO2/c1-15-8(14)3-2-13-6(9)5(10)4(3)7(11)12/h2,7H,1H3. The molecule has 15 heavy (non-hydrogen) atoms. The summed E-state index contributed by atoms with van der Waals surface area (Å²) >= 11 is 2.65. The fourth-order valence-corrected chi connectivity index (χ4v) is 1.28. The number of alkyl halides is 2. The van der Waals surface area contributed by atoms with Crippen molar-refractivity contribution in [2.45, 2.75) is 6.43 Å². The Balaban J connectivity index is 3.40. The lowest BCUT2D eigenvalue weighted by Gasteiger charge is -2.08. The fraction of sp³-hybridized carbons (Fsp3) is 0.250. The Bertz CT molecular complexity index is 398. The lowest BCUT2D eigenvalue weighted by atomic mass is 10.1. The van der Waals surface area contributed by atoms with Crippen molar-refractivity contribution >= 4 is 21.9 Å². The van der Waals surface area contributed by atoms with Crippen LogP contribution in [0.2, 0.25) is 0 Å². The summed E-state index contributed by atoms with van der Waals surface area (Å²) in [4.78, 5) is 14.4. The average Bonchev–Trinajstić information content (AvgIpc) is 2.20. The van der Waals surface area contributed by atoms with E-state index in [4.69, 9.17) is 0 Å². The largest absolute Gasteiger partial charge is 0.465 e. The van der Waals surface area contributed by atoms with E-state index in [0.29, 0.717) is 0 Å². The van der Waals surface area contributed by atoms with Crippen LogP contribution in [0.25, 0.3) is 0 Å². The van der Waals surface area contributed by atoms with Gasteiger partial charge < -0.3 is 4.74 Å². The van der Waals surface area contributed by atoms with Crippen LogP contribution in [-0.2, 0) is 4.74 Å². The van der Waals surface area contributed by atoms with Crippen molar-refractivity contribution in [3.63, 3.8) is 0 Å². The lowest BCUT2D eigenvalue weighted by molar-refractivity contribution is 0.0586. The van der Waals surface area contributed by atoms with Crippen LogP contribution in [0.15, 0.2) is 10.8 Å². The molecule has 0 saturated heterocycles. The lowest BCUT2D eigenvalue weighted by Crippen LogP contribution is -2.09. The van der Waals surface area contributed by atoms with Crippen molar-refractivity contribution < 1.29 is 22.7 Å². The Kier molecular flexibility index (Phi) is 3.67. The summed E-state index contributed by atoms with van der Waals surface area (Å²) in [5, 5.41) is 0. The highest BCUT2D eigenvalue weighted by Gasteiger charge is 2.25. The SMILES string of the molecule is COC(=O)c1cnc(Br)c(F)c1C(F)F. The summed E-state index contributed by atoms with van der Waals surface area (Å²) in [7, 11) is 1.01. The molecule has 0 aromatic carbocycles. The van der Waals surface area contributed by atoms with E-state index >= 15 is 0 Å². The normalized spacial score (nSPS) is 10.5. The molecule has 1 heterocycles. The molecule has 3 nitrogen and oxygen atoms in total. The molecule has 0 fully saturated rings. The molecule has 0 amide bonds. The zero-order chi connectivity index (χ0) is 11.6. The Morgan fingerprint density at radius 1 is 1.60 bits per heavy atom. The van der Waals surface area contributed by atoms with E-state index in [1.165, 1.54) is 0 Å². The Morgan fingerprint density at radius 3 is 2.67 bits per heavy atom. The maximum atomic E-state index is 13.2. The summed E-state index contributed by atoms with van der Waals surface area (Å²) < 4.78 is 42.0. The van der Waals surface area contributed by atoms with Crippen LogP contribution in [0, 0.1) is 5.82 Å². The molecule has 0 radical (unpaired) electrons. The van der Waals surface area contributed by atoms with E-state index < -0.39 is 29.3 Å². The molecule has 0 bridgehead atoms. The quantitative estimate of drug-likeness (QED) is 0.619. The first kappa shape index (κ1) is 12.0. The average molecular weight is 284 g/mol. The monoisotopic (exact) mass is 283 g/mol. The number of nitrogens with zero attached hydrogens (tertiary/aromatic N) is 1. The molecule has 0 aliphatic carbocycles. The maximum Gasteiger partial charge on any atom is 0.340 e. The number of rotatable bonds is 2. The maximum absolute atomic E-state index is 13.2. The summed E-state index contributed by atoms with van der Waals surface area (Å²) in [6.07, 6.45) is -2.28. The molecular formula is C8H5BrF3NO2. The minimum absolute atomic E-state index is 0.370. The van der Waals surface area contributed by atoms with Gasteiger partial charge in [0.15, 0.2) is 5.82 Å². The van der Waals surface area contributed by atoms with Gasteiger partial charge in [-0.2, -0.15) is 0 Å². The number of esters is 1. The number of carbonyl (C=O) groups is 1. The number of pyridine rings is 1. The smallest absolute Gasteiger partial charge is 0.340 e. The van der Waals surface area contributed by atoms with Gasteiger partial charge in [-0.1, -0.05) is 0 Å². The number of methoxy groups -OCH3 is 1. The van der Waals surface area contributed by atoms with Gasteiger partial charge in [0.1, 0.15) is 4.60 Å². The van der Waals surface area contributed by atoms with Crippen molar-refractivity contribution in [1.29, 1.82) is 0 Å². The van der Waals surface area contributed by atoms with Crippen molar-refractivity contribution in [2.75, 3.05) is 7.11 Å². The summed E-state index contributed by atoms with van der Waals surface area (Å²) in [6.45, 7) is 0. The van der Waals surface area contributed by atoms with Gasteiger partial charge in [0.2, 0.25) is 0 Å². The third-order valence-corrected chi connectivity index (χ3v) is 2.19. The molecular weight excluding hydrogens is 279 g/mol. The molecule has 0 unspecified atom stereocenters. The zero-order valence-electron chi connectivity index (χ0n) is 7.43. The number of aromatic nitrogens is 1. The molecule has 1 aromatic heterocycles. The first-order valence-electron chi connectivity index (χ1n) is 3.69. The van der Waals surface area contributed by atoms with Crippen molar-refractivity contribution in [3.05, 3.63) is 27.7 Å². The van der Waals surface area contributed by atoms with Gasteiger partial charge in [0.25, 0.3) is 6.43 Å². The molecule has 0 N–H and O–H groups in total. The number of carbonyl (C=O) groups excluding carboxylic acids is 1. The van der Waals surface area contributed by atoms with E-state index in [1.807, 2.05) is 0 Å². The molecule has 1 aromatic rings. The predicted octanol–water partition coefficient (Wildman–Crippen LogP) is 2.71. The van der Waals surface area contributed by atoms with Crippen molar-refractivity contribution in [1.82, 2.24) is 4.98 Å². The molecule has 0 saturated carbocycles. The Labute approximate surface area is 91.4 Å². The van der Waals surface area contributed by atoms with Crippen LogP contribution in [0.3, 0.4) is 0 Å². The van der Waals surface area contributed by atoms with Gasteiger partial charge in [0, 0.05) is 6.20 Å². The summed E-state index contributed by atoms with van der Waals surface area (Å²) in [6, 6.07) is 0. The second-order valence-corrected chi connectivity index (χ2v) is 3.23. The van der Waals surface area contributed by atoms with E-state index in [-0.39, 0.29) is 4.60 Å². The van der Waals surface area contributed by atoms with E-state index in [1.54, 1.807) is 0 Å². The van der Waals surface area contributed by atoms with Gasteiger partial charge in [-0.3, -0.25) is 0 Å². The predicted molar refractivity (Wildman–Crippen MR) is 48.2 cm³/mol. The molecule has 0 spiro atoms. The highest BCUT2D eigenvalue weighted by Crippen LogP contribution is 2.29. The van der Waals surface area contributed by atoms with Crippen LogP contribution in [0.4, 0.5) is 13.2 Å². The number of hydrogen-bond acceptors (Lipinski definition) is 3. The molecule has 7 heteroatoms. The summed E-state index contributed by atoms with van der Waals surface area (Å²) in [5.74, 6) is -2.31. The van der Waals surface area contributed by atoms with Crippen LogP contribution < -0.4 is 0 Å². The second kappa shape index (κ2) is 4.61. The molecule has 0 aliphatic rings. The van der Waals surface area contributed by atoms with Gasteiger partial charge in [-0.25, -0.2) is 22.9 Å². The Hall–Kier alpha value is -1.11. The van der Waals surface area contributed by atoms with Crippen molar-refractivity contribution in [3.8, 4) is 0 Å². The molecule has 1 rings (SSSR count). The number of hydrogen-bond donors (Lipinski definition) is 0. The Morgan fingerprint density at radius 2 is 2.20 bits per heavy atom.